The van der Waals surface area contributed by atoms with E-state index in [0.717, 1.165) is 28.8 Å². The van der Waals surface area contributed by atoms with E-state index in [1.807, 2.05) is 17.7 Å². The Morgan fingerprint density at radius 3 is 2.74 bits per heavy atom. The third-order valence-electron chi connectivity index (χ3n) is 7.23. The molecular weight excluding hydrogens is 428 g/mol. The number of rotatable bonds is 5. The molecule has 0 spiro atoms. The van der Waals surface area contributed by atoms with Gasteiger partial charge in [0.1, 0.15) is 18.5 Å². The summed E-state index contributed by atoms with van der Waals surface area (Å²) in [7, 11) is 0. The highest BCUT2D eigenvalue weighted by Crippen LogP contribution is 2.41. The number of hydrogen-bond donors (Lipinski definition) is 0. The number of aryl methyl sites for hydroxylation is 2. The minimum absolute atomic E-state index is 0.0244. The first-order valence-electron chi connectivity index (χ1n) is 12.3. The van der Waals surface area contributed by atoms with Crippen molar-refractivity contribution in [2.45, 2.75) is 51.7 Å². The molecule has 4 heterocycles. The number of nitrogens with zero attached hydrogens (tertiary/aromatic N) is 2. The molecule has 2 aromatic heterocycles. The molecule has 0 N–H and O–H groups in total. The summed E-state index contributed by atoms with van der Waals surface area (Å²) in [6.07, 6.45) is 5.25. The van der Waals surface area contributed by atoms with Gasteiger partial charge in [-0.3, -0.25) is 9.78 Å². The molecule has 6 rings (SSSR count). The van der Waals surface area contributed by atoms with E-state index in [-0.39, 0.29) is 11.7 Å². The van der Waals surface area contributed by atoms with E-state index >= 15 is 0 Å². The maximum Gasteiger partial charge on any atom is 0.254 e. The normalized spacial score (nSPS) is 19.4. The number of fused-ring (bicyclic) bond motifs is 3. The summed E-state index contributed by atoms with van der Waals surface area (Å²) >= 11 is 0. The lowest BCUT2D eigenvalue weighted by Crippen LogP contribution is -2.34. The molecule has 1 aliphatic carbocycles. The van der Waals surface area contributed by atoms with Crippen molar-refractivity contribution in [2.75, 3.05) is 26.4 Å². The average Bonchev–Trinajstić information content (AvgIpc) is 3.71. The van der Waals surface area contributed by atoms with Gasteiger partial charge in [0, 0.05) is 47.1 Å². The molecule has 2 fully saturated rings. The topological polar surface area (TPSA) is 62.6 Å². The quantitative estimate of drug-likeness (QED) is 0.566. The van der Waals surface area contributed by atoms with E-state index < -0.39 is 0 Å². The van der Waals surface area contributed by atoms with Crippen molar-refractivity contribution >= 4 is 0 Å². The fourth-order valence-electron chi connectivity index (χ4n) is 5.17. The second kappa shape index (κ2) is 8.67. The predicted octanol–water partition coefficient (Wildman–Crippen LogP) is 4.42. The van der Waals surface area contributed by atoms with Crippen LogP contribution in [-0.4, -0.2) is 42.1 Å². The predicted molar refractivity (Wildman–Crippen MR) is 131 cm³/mol. The van der Waals surface area contributed by atoms with Crippen LogP contribution in [-0.2, 0) is 22.4 Å². The van der Waals surface area contributed by atoms with E-state index in [0.29, 0.717) is 44.6 Å². The molecule has 0 radical (unpaired) electrons. The minimum Gasteiger partial charge on any atom is -0.490 e. The van der Waals surface area contributed by atoms with Gasteiger partial charge in [-0.2, -0.15) is 0 Å². The second-order valence-electron chi connectivity index (χ2n) is 9.67. The Bertz CT molecular complexity index is 1290. The number of aromatic nitrogens is 2. The van der Waals surface area contributed by atoms with Gasteiger partial charge in [0.15, 0.2) is 0 Å². The van der Waals surface area contributed by atoms with Gasteiger partial charge in [-0.1, -0.05) is 12.1 Å². The van der Waals surface area contributed by atoms with Crippen LogP contribution in [0.3, 0.4) is 0 Å². The Kier molecular flexibility index (Phi) is 5.50. The Hall–Kier alpha value is -2.96. The second-order valence-corrected chi connectivity index (χ2v) is 9.67. The molecule has 0 unspecified atom stereocenters. The first-order valence-corrected chi connectivity index (χ1v) is 12.3. The molecular formula is C28H30N2O4. The summed E-state index contributed by atoms with van der Waals surface area (Å²) in [5.74, 6) is 1.28. The van der Waals surface area contributed by atoms with Crippen LogP contribution >= 0.6 is 0 Å². The lowest BCUT2D eigenvalue weighted by molar-refractivity contribution is -0.101. The first-order chi connectivity index (χ1) is 16.6. The highest BCUT2D eigenvalue weighted by atomic mass is 16.6. The van der Waals surface area contributed by atoms with E-state index in [2.05, 4.69) is 31.2 Å². The van der Waals surface area contributed by atoms with Crippen molar-refractivity contribution in [2.24, 2.45) is 0 Å². The molecule has 2 aliphatic heterocycles. The van der Waals surface area contributed by atoms with Gasteiger partial charge in [0.2, 0.25) is 0 Å². The first kappa shape index (κ1) is 21.6. The van der Waals surface area contributed by atoms with Gasteiger partial charge >= 0.3 is 0 Å². The molecule has 0 amide bonds. The smallest absolute Gasteiger partial charge is 0.254 e. The van der Waals surface area contributed by atoms with Crippen LogP contribution in [0.2, 0.25) is 0 Å². The van der Waals surface area contributed by atoms with E-state index in [9.17, 15) is 4.79 Å². The van der Waals surface area contributed by atoms with Gasteiger partial charge < -0.3 is 18.8 Å². The molecule has 0 bridgehead atoms. The third kappa shape index (κ3) is 3.95. The highest BCUT2D eigenvalue weighted by molar-refractivity contribution is 5.78. The van der Waals surface area contributed by atoms with Gasteiger partial charge in [-0.05, 0) is 61.9 Å². The van der Waals surface area contributed by atoms with Crippen LogP contribution in [0.1, 0.15) is 41.1 Å². The fraction of sp³-hybridized carbons (Fsp3) is 0.429. The maximum atomic E-state index is 13.0. The molecule has 1 saturated carbocycles. The third-order valence-corrected chi connectivity index (χ3v) is 7.23. The van der Waals surface area contributed by atoms with Crippen molar-refractivity contribution in [3.8, 4) is 28.1 Å². The van der Waals surface area contributed by atoms with Crippen LogP contribution in [0, 0.1) is 13.8 Å². The van der Waals surface area contributed by atoms with Crippen LogP contribution in [0.5, 0.6) is 5.75 Å². The van der Waals surface area contributed by atoms with Gasteiger partial charge in [-0.25, -0.2) is 0 Å². The number of hydrogen-bond acceptors (Lipinski definition) is 5. The zero-order valence-corrected chi connectivity index (χ0v) is 19.8. The number of pyridine rings is 2. The molecule has 1 atom stereocenters. The standard InChI is InChI=1S/C28H30N2O4/c1-17-11-24-20(12-23(17)21-5-6-25(29-14-21)19-3-4-19)7-8-30-27(31)13-26(18(2)28(24)30)34-16-22-15-32-9-10-33-22/h5-6,11-14,19,22H,3-4,7-10,15-16H2,1-2H3/t22-/m0/s1. The molecule has 6 heteroatoms. The van der Waals surface area contributed by atoms with Crippen molar-refractivity contribution in [1.82, 2.24) is 9.55 Å². The van der Waals surface area contributed by atoms with Crippen LogP contribution in [0.4, 0.5) is 0 Å². The highest BCUT2D eigenvalue weighted by Gasteiger charge is 2.26. The number of ether oxygens (including phenoxy) is 3. The maximum absolute atomic E-state index is 13.0. The summed E-state index contributed by atoms with van der Waals surface area (Å²) in [6.45, 7) is 6.93. The summed E-state index contributed by atoms with van der Waals surface area (Å²) in [5, 5.41) is 0. The van der Waals surface area contributed by atoms with Crippen molar-refractivity contribution in [3.05, 3.63) is 69.3 Å². The Balaban J connectivity index is 1.34. The van der Waals surface area contributed by atoms with Crippen molar-refractivity contribution in [1.29, 1.82) is 0 Å². The van der Waals surface area contributed by atoms with Crippen LogP contribution in [0.15, 0.2) is 41.3 Å². The molecule has 1 aromatic carbocycles. The van der Waals surface area contributed by atoms with E-state index in [4.69, 9.17) is 19.2 Å². The summed E-state index contributed by atoms with van der Waals surface area (Å²) < 4.78 is 19.1. The van der Waals surface area contributed by atoms with Crippen molar-refractivity contribution < 1.29 is 14.2 Å². The van der Waals surface area contributed by atoms with Gasteiger partial charge in [0.25, 0.3) is 5.56 Å². The summed E-state index contributed by atoms with van der Waals surface area (Å²) in [4.78, 5) is 17.7. The average molecular weight is 459 g/mol. The summed E-state index contributed by atoms with van der Waals surface area (Å²) in [6, 6.07) is 10.5. The van der Waals surface area contributed by atoms with Crippen LogP contribution in [0.25, 0.3) is 22.4 Å². The molecule has 3 aliphatic rings. The SMILES string of the molecule is Cc1cc2c(cc1-c1ccc(C3CC3)nc1)CCn1c-2c(C)c(OC[C@@H]2COCCO2)cc1=O. The minimum atomic E-state index is -0.107. The molecule has 1 saturated heterocycles. The lowest BCUT2D eigenvalue weighted by atomic mass is 9.88. The Morgan fingerprint density at radius 2 is 2.00 bits per heavy atom. The largest absolute Gasteiger partial charge is 0.490 e. The van der Waals surface area contributed by atoms with Gasteiger partial charge in [-0.15, -0.1) is 0 Å². The van der Waals surface area contributed by atoms with Crippen LogP contribution < -0.4 is 10.3 Å². The van der Waals surface area contributed by atoms with Gasteiger partial charge in [0.05, 0.1) is 25.5 Å². The zero-order chi connectivity index (χ0) is 23.2. The number of benzene rings is 1. The molecule has 6 nitrogen and oxygen atoms in total. The van der Waals surface area contributed by atoms with E-state index in [1.54, 1.807) is 6.07 Å². The zero-order valence-electron chi connectivity index (χ0n) is 19.8. The summed E-state index contributed by atoms with van der Waals surface area (Å²) in [5.41, 5.74) is 9.05. The Labute approximate surface area is 199 Å². The Morgan fingerprint density at radius 1 is 1.12 bits per heavy atom. The van der Waals surface area contributed by atoms with E-state index in [1.165, 1.54) is 35.2 Å². The molecule has 176 valence electrons. The fourth-order valence-corrected chi connectivity index (χ4v) is 5.17. The molecule has 34 heavy (non-hydrogen) atoms. The molecule has 3 aromatic rings. The lowest BCUT2D eigenvalue weighted by Gasteiger charge is -2.27. The van der Waals surface area contributed by atoms with Crippen molar-refractivity contribution in [3.63, 3.8) is 0 Å². The monoisotopic (exact) mass is 458 g/mol.